The lowest BCUT2D eigenvalue weighted by Gasteiger charge is -2.18. The molecule has 0 saturated carbocycles. The Morgan fingerprint density at radius 2 is 1.90 bits per heavy atom. The molecule has 2 aromatic rings. The molecule has 0 aliphatic carbocycles. The Morgan fingerprint density at radius 1 is 1.24 bits per heavy atom. The molecule has 0 aromatic heterocycles. The predicted octanol–water partition coefficient (Wildman–Crippen LogP) is 4.44. The summed E-state index contributed by atoms with van der Waals surface area (Å²) in [7, 11) is 1.77. The average molecular weight is 392 g/mol. The van der Waals surface area contributed by atoms with Crippen LogP contribution in [0, 0.1) is 3.57 Å². The van der Waals surface area contributed by atoms with Crippen molar-refractivity contribution in [1.82, 2.24) is 0 Å². The molecule has 6 heteroatoms. The van der Waals surface area contributed by atoms with Crippen molar-refractivity contribution < 1.29 is 4.79 Å². The maximum Gasteiger partial charge on any atom is 0.231 e. The highest BCUT2D eigenvalue weighted by Crippen LogP contribution is 2.22. The number of carbonyl (C=O) groups excluding carboxylic acids is 1. The summed E-state index contributed by atoms with van der Waals surface area (Å²) < 4.78 is 1.03. The van der Waals surface area contributed by atoms with Crippen molar-refractivity contribution in [3.63, 3.8) is 0 Å². The van der Waals surface area contributed by atoms with Crippen molar-refractivity contribution in [1.29, 1.82) is 0 Å². The third-order valence-electron chi connectivity index (χ3n) is 3.04. The van der Waals surface area contributed by atoms with Crippen LogP contribution in [0.5, 0.6) is 0 Å². The second-order valence-electron chi connectivity index (χ2n) is 4.44. The van der Waals surface area contributed by atoms with E-state index in [0.29, 0.717) is 12.1 Å². The van der Waals surface area contributed by atoms with Crippen LogP contribution in [0.2, 0.25) is 0 Å². The molecular weight excluding hydrogens is 379 g/mol. The lowest BCUT2D eigenvalue weighted by molar-refractivity contribution is -0.117. The molecule has 0 aliphatic rings. The van der Waals surface area contributed by atoms with Crippen LogP contribution >= 0.6 is 22.6 Å². The zero-order valence-electron chi connectivity index (χ0n) is 11.4. The number of anilines is 1. The number of azide groups is 1. The predicted molar refractivity (Wildman–Crippen MR) is 91.5 cm³/mol. The van der Waals surface area contributed by atoms with E-state index in [2.05, 4.69) is 32.6 Å². The molecule has 0 fully saturated rings. The number of benzene rings is 2. The van der Waals surface area contributed by atoms with Crippen molar-refractivity contribution in [2.24, 2.45) is 5.11 Å². The Hall–Kier alpha value is -2.05. The zero-order chi connectivity index (χ0) is 15.2. The fourth-order valence-electron chi connectivity index (χ4n) is 1.88. The average Bonchev–Trinajstić information content (AvgIpc) is 2.49. The van der Waals surface area contributed by atoms with E-state index in [1.54, 1.807) is 36.2 Å². The molecule has 0 aliphatic heterocycles. The standard InChI is InChI=1S/C15H13IN4O/c1-20(14-5-3-2-4-13(14)16)15(21)10-11-6-8-12(9-7-11)18-19-17/h2-9H,10H2,1H3. The monoisotopic (exact) mass is 392 g/mol. The van der Waals surface area contributed by atoms with Gasteiger partial charge in [0.15, 0.2) is 0 Å². The van der Waals surface area contributed by atoms with Crippen LogP contribution < -0.4 is 4.90 Å². The Labute approximate surface area is 136 Å². The first-order chi connectivity index (χ1) is 10.1. The van der Waals surface area contributed by atoms with Crippen LogP contribution in [0.1, 0.15) is 5.56 Å². The molecule has 0 atom stereocenters. The van der Waals surface area contributed by atoms with Gasteiger partial charge in [0.1, 0.15) is 0 Å². The second kappa shape index (κ2) is 7.10. The Balaban J connectivity index is 2.10. The zero-order valence-corrected chi connectivity index (χ0v) is 13.6. The molecule has 2 rings (SSSR count). The molecule has 1 amide bonds. The van der Waals surface area contributed by atoms with Gasteiger partial charge >= 0.3 is 0 Å². The minimum absolute atomic E-state index is 0.00986. The van der Waals surface area contributed by atoms with Gasteiger partial charge in [0, 0.05) is 21.2 Å². The van der Waals surface area contributed by atoms with Gasteiger partial charge in [0.25, 0.3) is 0 Å². The highest BCUT2D eigenvalue weighted by molar-refractivity contribution is 14.1. The van der Waals surface area contributed by atoms with Crippen molar-refractivity contribution >= 4 is 39.9 Å². The van der Waals surface area contributed by atoms with Gasteiger partial charge in [-0.25, -0.2) is 0 Å². The topological polar surface area (TPSA) is 69.1 Å². The summed E-state index contributed by atoms with van der Waals surface area (Å²) in [6.45, 7) is 0. The van der Waals surface area contributed by atoms with Gasteiger partial charge in [-0.15, -0.1) is 0 Å². The van der Waals surface area contributed by atoms with Gasteiger partial charge in [-0.05, 0) is 45.8 Å². The normalized spacial score (nSPS) is 9.81. The summed E-state index contributed by atoms with van der Waals surface area (Å²) >= 11 is 2.21. The molecule has 2 aromatic carbocycles. The summed E-state index contributed by atoms with van der Waals surface area (Å²) in [6, 6.07) is 14.7. The molecule has 21 heavy (non-hydrogen) atoms. The van der Waals surface area contributed by atoms with E-state index in [9.17, 15) is 4.79 Å². The van der Waals surface area contributed by atoms with Gasteiger partial charge in [-0.1, -0.05) is 41.5 Å². The van der Waals surface area contributed by atoms with E-state index >= 15 is 0 Å². The van der Waals surface area contributed by atoms with E-state index in [0.717, 1.165) is 14.8 Å². The maximum absolute atomic E-state index is 12.3. The van der Waals surface area contributed by atoms with Crippen molar-refractivity contribution in [3.05, 3.63) is 68.1 Å². The minimum Gasteiger partial charge on any atom is -0.314 e. The van der Waals surface area contributed by atoms with Crippen LogP contribution in [0.3, 0.4) is 0 Å². The first-order valence-corrected chi connectivity index (χ1v) is 7.35. The molecule has 106 valence electrons. The molecule has 0 radical (unpaired) electrons. The minimum atomic E-state index is 0.00986. The third-order valence-corrected chi connectivity index (χ3v) is 3.95. The van der Waals surface area contributed by atoms with Gasteiger partial charge in [-0.2, -0.15) is 0 Å². The van der Waals surface area contributed by atoms with Gasteiger partial charge < -0.3 is 4.90 Å². The molecule has 0 N–H and O–H groups in total. The van der Waals surface area contributed by atoms with E-state index < -0.39 is 0 Å². The van der Waals surface area contributed by atoms with E-state index in [1.165, 1.54) is 0 Å². The van der Waals surface area contributed by atoms with E-state index in [4.69, 9.17) is 5.53 Å². The summed E-state index contributed by atoms with van der Waals surface area (Å²) in [4.78, 5) is 16.7. The van der Waals surface area contributed by atoms with E-state index in [1.807, 2.05) is 24.3 Å². The Bertz CT molecular complexity index is 693. The number of rotatable bonds is 4. The Kier molecular flexibility index (Phi) is 5.19. The molecule has 0 spiro atoms. The first-order valence-electron chi connectivity index (χ1n) is 6.27. The van der Waals surface area contributed by atoms with Crippen LogP contribution in [-0.4, -0.2) is 13.0 Å². The third kappa shape index (κ3) is 3.96. The lowest BCUT2D eigenvalue weighted by atomic mass is 10.1. The number of amides is 1. The molecule has 0 unspecified atom stereocenters. The summed E-state index contributed by atoms with van der Waals surface area (Å²) in [5.41, 5.74) is 10.7. The quantitative estimate of drug-likeness (QED) is 0.328. The smallest absolute Gasteiger partial charge is 0.231 e. The van der Waals surface area contributed by atoms with Gasteiger partial charge in [0.2, 0.25) is 5.91 Å². The number of para-hydroxylation sites is 1. The fraction of sp³-hybridized carbons (Fsp3) is 0.133. The largest absolute Gasteiger partial charge is 0.314 e. The molecule has 0 heterocycles. The summed E-state index contributed by atoms with van der Waals surface area (Å²) in [5, 5.41) is 3.51. The molecule has 0 bridgehead atoms. The maximum atomic E-state index is 12.3. The van der Waals surface area contributed by atoms with Crippen molar-refractivity contribution in [2.45, 2.75) is 6.42 Å². The van der Waals surface area contributed by atoms with Crippen molar-refractivity contribution in [3.8, 4) is 0 Å². The molecule has 0 saturated heterocycles. The fourth-order valence-corrected chi connectivity index (χ4v) is 2.63. The molecule has 5 nitrogen and oxygen atoms in total. The number of hydrogen-bond acceptors (Lipinski definition) is 2. The number of carbonyl (C=O) groups is 1. The van der Waals surface area contributed by atoms with Crippen LogP contribution in [0.25, 0.3) is 10.4 Å². The SMILES string of the molecule is CN(C(=O)Cc1ccc(N=[N+]=[N-])cc1)c1ccccc1I. The second-order valence-corrected chi connectivity index (χ2v) is 5.60. The number of halogens is 1. The van der Waals surface area contributed by atoms with Gasteiger partial charge in [-0.3, -0.25) is 4.79 Å². The lowest BCUT2D eigenvalue weighted by Crippen LogP contribution is -2.28. The molecular formula is C15H13IN4O. The van der Waals surface area contributed by atoms with Crippen LogP contribution in [0.4, 0.5) is 11.4 Å². The Morgan fingerprint density at radius 3 is 2.52 bits per heavy atom. The number of hydrogen-bond donors (Lipinski definition) is 0. The van der Waals surface area contributed by atoms with E-state index in [-0.39, 0.29) is 5.91 Å². The summed E-state index contributed by atoms with van der Waals surface area (Å²) in [6.07, 6.45) is 0.304. The summed E-state index contributed by atoms with van der Waals surface area (Å²) in [5.74, 6) is 0.00986. The highest BCUT2D eigenvalue weighted by Gasteiger charge is 2.13. The van der Waals surface area contributed by atoms with Crippen LogP contribution in [-0.2, 0) is 11.2 Å². The number of nitrogens with zero attached hydrogens (tertiary/aromatic N) is 4. The van der Waals surface area contributed by atoms with Crippen molar-refractivity contribution in [2.75, 3.05) is 11.9 Å². The first kappa shape index (κ1) is 15.3. The highest BCUT2D eigenvalue weighted by atomic mass is 127. The van der Waals surface area contributed by atoms with Crippen LogP contribution in [0.15, 0.2) is 53.6 Å². The number of likely N-dealkylation sites (N-methyl/N-ethyl adjacent to an activating group) is 1. The van der Waals surface area contributed by atoms with Gasteiger partial charge in [0.05, 0.1) is 12.1 Å².